The Labute approximate surface area is 93.1 Å². The van der Waals surface area contributed by atoms with Gasteiger partial charge in [0.05, 0.1) is 0 Å². The number of nitrogens with one attached hydrogen (secondary N) is 1. The van der Waals surface area contributed by atoms with Crippen molar-refractivity contribution in [3.05, 3.63) is 53.9 Å². The molecule has 0 fully saturated rings. The summed E-state index contributed by atoms with van der Waals surface area (Å²) in [5.41, 5.74) is 4.08. The normalized spacial score (nSPS) is 13.4. The van der Waals surface area contributed by atoms with E-state index in [1.165, 1.54) is 0 Å². The van der Waals surface area contributed by atoms with Gasteiger partial charge >= 0.3 is 0 Å². The summed E-state index contributed by atoms with van der Waals surface area (Å²) in [6.07, 6.45) is 3.53. The van der Waals surface area contributed by atoms with Crippen molar-refractivity contribution in [1.82, 2.24) is 10.3 Å². The van der Waals surface area contributed by atoms with E-state index in [0.29, 0.717) is 6.54 Å². The van der Waals surface area contributed by atoms with Crippen molar-refractivity contribution in [2.75, 3.05) is 0 Å². The fourth-order valence-corrected chi connectivity index (χ4v) is 2.06. The highest BCUT2D eigenvalue weighted by Gasteiger charge is 2.21. The smallest absolute Gasteiger partial charge is 0.251 e. The van der Waals surface area contributed by atoms with Crippen LogP contribution in [0.25, 0.3) is 11.1 Å². The second-order valence-electron chi connectivity index (χ2n) is 3.75. The molecule has 0 saturated carbocycles. The maximum atomic E-state index is 11.5. The summed E-state index contributed by atoms with van der Waals surface area (Å²) >= 11 is 0. The summed E-state index contributed by atoms with van der Waals surface area (Å²) < 4.78 is 0. The molecule has 0 bridgehead atoms. The highest BCUT2D eigenvalue weighted by molar-refractivity contribution is 6.00. The lowest BCUT2D eigenvalue weighted by Crippen LogP contribution is -2.12. The first-order chi connectivity index (χ1) is 7.86. The van der Waals surface area contributed by atoms with Gasteiger partial charge in [-0.05, 0) is 34.9 Å². The molecule has 0 atom stereocenters. The van der Waals surface area contributed by atoms with Crippen molar-refractivity contribution in [2.45, 2.75) is 6.54 Å². The molecule has 0 unspecified atom stereocenters. The van der Waals surface area contributed by atoms with Crippen molar-refractivity contribution < 1.29 is 4.79 Å². The van der Waals surface area contributed by atoms with Crippen LogP contribution in [0.3, 0.4) is 0 Å². The van der Waals surface area contributed by atoms with Crippen LogP contribution in [0.5, 0.6) is 0 Å². The zero-order valence-corrected chi connectivity index (χ0v) is 8.60. The number of carbonyl (C=O) groups excluding carboxylic acids is 1. The molecule has 2 heterocycles. The number of hydrogen-bond donors (Lipinski definition) is 1. The van der Waals surface area contributed by atoms with Gasteiger partial charge in [-0.25, -0.2) is 0 Å². The zero-order valence-electron chi connectivity index (χ0n) is 8.60. The molecule has 0 aliphatic carbocycles. The van der Waals surface area contributed by atoms with Crippen LogP contribution in [0, 0.1) is 0 Å². The average molecular weight is 210 g/mol. The summed E-state index contributed by atoms with van der Waals surface area (Å²) in [5.74, 6) is 0.0194. The first-order valence-electron chi connectivity index (χ1n) is 5.17. The highest BCUT2D eigenvalue weighted by atomic mass is 16.1. The summed E-state index contributed by atoms with van der Waals surface area (Å²) in [5, 5.41) is 2.84. The number of amides is 1. The van der Waals surface area contributed by atoms with Gasteiger partial charge < -0.3 is 5.32 Å². The molecule has 0 radical (unpaired) electrons. The van der Waals surface area contributed by atoms with E-state index in [9.17, 15) is 4.79 Å². The molecule has 3 nitrogen and oxygen atoms in total. The van der Waals surface area contributed by atoms with Crippen molar-refractivity contribution in [3.63, 3.8) is 0 Å². The number of nitrogens with zero attached hydrogens (tertiary/aromatic N) is 1. The molecule has 16 heavy (non-hydrogen) atoms. The van der Waals surface area contributed by atoms with Gasteiger partial charge in [0, 0.05) is 24.5 Å². The number of rotatable bonds is 1. The van der Waals surface area contributed by atoms with Crippen molar-refractivity contribution in [3.8, 4) is 11.1 Å². The summed E-state index contributed by atoms with van der Waals surface area (Å²) in [6, 6.07) is 9.73. The topological polar surface area (TPSA) is 42.0 Å². The standard InChI is InChI=1S/C13H10N2O/c16-13-11-3-1-2-10(12(11)8-15-13)9-4-6-14-7-5-9/h1-7H,8H2,(H,15,16). The molecular weight excluding hydrogens is 200 g/mol. The van der Waals surface area contributed by atoms with Crippen LogP contribution < -0.4 is 5.32 Å². The van der Waals surface area contributed by atoms with Gasteiger partial charge in [-0.1, -0.05) is 12.1 Å². The maximum Gasteiger partial charge on any atom is 0.251 e. The average Bonchev–Trinajstić information content (AvgIpc) is 2.73. The third kappa shape index (κ3) is 1.29. The lowest BCUT2D eigenvalue weighted by molar-refractivity contribution is 0.0966. The third-order valence-corrected chi connectivity index (χ3v) is 2.84. The number of hydrogen-bond acceptors (Lipinski definition) is 2. The minimum Gasteiger partial charge on any atom is -0.348 e. The Balaban J connectivity index is 2.20. The van der Waals surface area contributed by atoms with Crippen LogP contribution in [0.2, 0.25) is 0 Å². The van der Waals surface area contributed by atoms with E-state index in [2.05, 4.69) is 10.3 Å². The molecule has 1 aromatic carbocycles. The van der Waals surface area contributed by atoms with Crippen LogP contribution in [0.4, 0.5) is 0 Å². The summed E-state index contributed by atoms with van der Waals surface area (Å²) in [4.78, 5) is 15.5. The Morgan fingerprint density at radius 2 is 1.81 bits per heavy atom. The van der Waals surface area contributed by atoms with E-state index in [0.717, 1.165) is 22.3 Å². The first kappa shape index (κ1) is 9.09. The van der Waals surface area contributed by atoms with E-state index in [4.69, 9.17) is 0 Å². The van der Waals surface area contributed by atoms with Gasteiger partial charge in [-0.15, -0.1) is 0 Å². The zero-order chi connectivity index (χ0) is 11.0. The molecule has 0 saturated heterocycles. The number of benzene rings is 1. The Kier molecular flexibility index (Phi) is 1.96. The second-order valence-corrected chi connectivity index (χ2v) is 3.75. The molecule has 1 aromatic heterocycles. The Bertz CT molecular complexity index is 549. The fourth-order valence-electron chi connectivity index (χ4n) is 2.06. The Morgan fingerprint density at radius 3 is 2.62 bits per heavy atom. The summed E-state index contributed by atoms with van der Waals surface area (Å²) in [7, 11) is 0. The molecule has 78 valence electrons. The van der Waals surface area contributed by atoms with Gasteiger partial charge in [0.1, 0.15) is 0 Å². The minimum absolute atomic E-state index is 0.0194. The lowest BCUT2D eigenvalue weighted by Gasteiger charge is -2.06. The van der Waals surface area contributed by atoms with E-state index in [1.54, 1.807) is 12.4 Å². The van der Waals surface area contributed by atoms with Crippen LogP contribution in [0.1, 0.15) is 15.9 Å². The van der Waals surface area contributed by atoms with Crippen molar-refractivity contribution in [1.29, 1.82) is 0 Å². The molecule has 1 aliphatic heterocycles. The van der Waals surface area contributed by atoms with E-state index >= 15 is 0 Å². The van der Waals surface area contributed by atoms with E-state index < -0.39 is 0 Å². The highest BCUT2D eigenvalue weighted by Crippen LogP contribution is 2.28. The van der Waals surface area contributed by atoms with Crippen molar-refractivity contribution >= 4 is 5.91 Å². The fraction of sp³-hybridized carbons (Fsp3) is 0.0769. The largest absolute Gasteiger partial charge is 0.348 e. The van der Waals surface area contributed by atoms with Crippen LogP contribution in [0.15, 0.2) is 42.7 Å². The molecule has 3 heteroatoms. The van der Waals surface area contributed by atoms with Gasteiger partial charge in [0.2, 0.25) is 0 Å². The number of pyridine rings is 1. The molecule has 2 aromatic rings. The molecule has 1 N–H and O–H groups in total. The van der Waals surface area contributed by atoms with Gasteiger partial charge in [-0.2, -0.15) is 0 Å². The SMILES string of the molecule is O=C1NCc2c1cccc2-c1ccncc1. The van der Waals surface area contributed by atoms with Gasteiger partial charge in [0.15, 0.2) is 0 Å². The van der Waals surface area contributed by atoms with Crippen LogP contribution in [-0.2, 0) is 6.54 Å². The molecule has 1 amide bonds. The van der Waals surface area contributed by atoms with E-state index in [-0.39, 0.29) is 5.91 Å². The predicted molar refractivity (Wildman–Crippen MR) is 60.8 cm³/mol. The molecule has 0 spiro atoms. The van der Waals surface area contributed by atoms with Crippen LogP contribution >= 0.6 is 0 Å². The van der Waals surface area contributed by atoms with Gasteiger partial charge in [0.25, 0.3) is 5.91 Å². The molecular formula is C13H10N2O. The first-order valence-corrected chi connectivity index (χ1v) is 5.17. The minimum atomic E-state index is 0.0194. The van der Waals surface area contributed by atoms with Gasteiger partial charge in [-0.3, -0.25) is 9.78 Å². The van der Waals surface area contributed by atoms with Crippen LogP contribution in [-0.4, -0.2) is 10.9 Å². The number of aromatic nitrogens is 1. The molecule has 3 rings (SSSR count). The summed E-state index contributed by atoms with van der Waals surface area (Å²) in [6.45, 7) is 0.618. The lowest BCUT2D eigenvalue weighted by atomic mass is 9.98. The third-order valence-electron chi connectivity index (χ3n) is 2.84. The monoisotopic (exact) mass is 210 g/mol. The quantitative estimate of drug-likeness (QED) is 0.782. The van der Waals surface area contributed by atoms with E-state index in [1.807, 2.05) is 30.3 Å². The van der Waals surface area contributed by atoms with Crippen molar-refractivity contribution in [2.24, 2.45) is 0 Å². The number of carbonyl (C=O) groups is 1. The Hall–Kier alpha value is -2.16. The Morgan fingerprint density at radius 1 is 1.06 bits per heavy atom. The molecule has 1 aliphatic rings. The number of fused-ring (bicyclic) bond motifs is 1. The second kappa shape index (κ2) is 3.45. The maximum absolute atomic E-state index is 11.5. The predicted octanol–water partition coefficient (Wildman–Crippen LogP) is 1.99.